The average Bonchev–Trinajstić information content (AvgIpc) is 2.38. The molecule has 4 nitrogen and oxygen atoms in total. The van der Waals surface area contributed by atoms with Crippen LogP contribution in [0.3, 0.4) is 0 Å². The van der Waals surface area contributed by atoms with Gasteiger partial charge in [-0.2, -0.15) is 0 Å². The molecule has 0 saturated carbocycles. The van der Waals surface area contributed by atoms with Crippen LogP contribution in [0.25, 0.3) is 0 Å². The predicted octanol–water partition coefficient (Wildman–Crippen LogP) is 1.62. The minimum absolute atomic E-state index is 0.172. The lowest BCUT2D eigenvalue weighted by Crippen LogP contribution is -2.42. The maximum Gasteiger partial charge on any atom is 0.328 e. The van der Waals surface area contributed by atoms with Crippen LogP contribution in [0.2, 0.25) is 0 Å². The van der Waals surface area contributed by atoms with E-state index in [9.17, 15) is 4.79 Å². The first-order valence-corrected chi connectivity index (χ1v) is 5.65. The Morgan fingerprint density at radius 3 is 2.82 bits per heavy atom. The lowest BCUT2D eigenvalue weighted by molar-refractivity contribution is -0.142. The van der Waals surface area contributed by atoms with Crippen LogP contribution in [0, 0.1) is 0 Å². The molecule has 1 aliphatic heterocycles. The van der Waals surface area contributed by atoms with Crippen molar-refractivity contribution in [1.82, 2.24) is 0 Å². The van der Waals surface area contributed by atoms with Crippen molar-refractivity contribution in [1.29, 1.82) is 0 Å². The highest BCUT2D eigenvalue weighted by Gasteiger charge is 2.29. The van der Waals surface area contributed by atoms with Crippen molar-refractivity contribution in [3.05, 3.63) is 23.8 Å². The van der Waals surface area contributed by atoms with E-state index >= 15 is 0 Å². The molecule has 2 rings (SSSR count). The number of ether oxygens (including phenoxy) is 2. The third kappa shape index (κ3) is 2.07. The number of nitrogens with zero attached hydrogens (tertiary/aromatic N) is 1. The summed E-state index contributed by atoms with van der Waals surface area (Å²) in [6.45, 7) is 0. The quantitative estimate of drug-likeness (QED) is 0.730. The van der Waals surface area contributed by atoms with Crippen LogP contribution in [-0.2, 0) is 16.0 Å². The number of methoxy groups -OCH3 is 2. The summed E-state index contributed by atoms with van der Waals surface area (Å²) in [7, 11) is 5.01. The van der Waals surface area contributed by atoms with Gasteiger partial charge in [-0.1, -0.05) is 0 Å². The smallest absolute Gasteiger partial charge is 0.328 e. The maximum atomic E-state index is 11.6. The zero-order valence-corrected chi connectivity index (χ0v) is 10.4. The molecule has 0 saturated heterocycles. The van der Waals surface area contributed by atoms with Crippen LogP contribution >= 0.6 is 0 Å². The van der Waals surface area contributed by atoms with Gasteiger partial charge in [-0.25, -0.2) is 4.79 Å². The van der Waals surface area contributed by atoms with Gasteiger partial charge in [0.1, 0.15) is 11.8 Å². The first kappa shape index (κ1) is 11.8. The van der Waals surface area contributed by atoms with Crippen molar-refractivity contribution in [3.8, 4) is 5.75 Å². The van der Waals surface area contributed by atoms with Gasteiger partial charge in [0.25, 0.3) is 0 Å². The van der Waals surface area contributed by atoms with Crippen molar-refractivity contribution < 1.29 is 14.3 Å². The molecule has 4 heteroatoms. The lowest BCUT2D eigenvalue weighted by atomic mass is 9.96. The second-order valence-electron chi connectivity index (χ2n) is 4.18. The van der Waals surface area contributed by atoms with E-state index in [1.165, 1.54) is 12.7 Å². The molecule has 1 atom stereocenters. The molecule has 17 heavy (non-hydrogen) atoms. The normalized spacial score (nSPS) is 18.5. The van der Waals surface area contributed by atoms with Crippen LogP contribution in [0.15, 0.2) is 18.2 Å². The second kappa shape index (κ2) is 4.65. The summed E-state index contributed by atoms with van der Waals surface area (Å²) in [5, 5.41) is 0. The molecule has 0 aromatic heterocycles. The number of anilines is 1. The number of hydrogen-bond acceptors (Lipinski definition) is 4. The Balaban J connectivity index is 2.30. The fourth-order valence-electron chi connectivity index (χ4n) is 2.30. The van der Waals surface area contributed by atoms with Crippen LogP contribution in [0.1, 0.15) is 12.0 Å². The lowest BCUT2D eigenvalue weighted by Gasteiger charge is -2.34. The van der Waals surface area contributed by atoms with Gasteiger partial charge in [0.2, 0.25) is 0 Å². The van der Waals surface area contributed by atoms with E-state index in [1.807, 2.05) is 30.1 Å². The highest BCUT2D eigenvalue weighted by atomic mass is 16.5. The van der Waals surface area contributed by atoms with Crippen LogP contribution in [-0.4, -0.2) is 33.3 Å². The number of benzene rings is 1. The van der Waals surface area contributed by atoms with E-state index in [2.05, 4.69) is 0 Å². The number of hydrogen-bond donors (Lipinski definition) is 0. The van der Waals surface area contributed by atoms with E-state index in [4.69, 9.17) is 9.47 Å². The molecule has 1 unspecified atom stereocenters. The molecule has 1 heterocycles. The van der Waals surface area contributed by atoms with Crippen molar-refractivity contribution in [2.24, 2.45) is 0 Å². The molecule has 1 aliphatic rings. The number of carbonyl (C=O) groups excluding carboxylic acids is 1. The van der Waals surface area contributed by atoms with Gasteiger partial charge < -0.3 is 14.4 Å². The maximum absolute atomic E-state index is 11.6. The monoisotopic (exact) mass is 235 g/mol. The first-order chi connectivity index (χ1) is 8.17. The summed E-state index contributed by atoms with van der Waals surface area (Å²) >= 11 is 0. The highest BCUT2D eigenvalue weighted by molar-refractivity contribution is 5.81. The van der Waals surface area contributed by atoms with Crippen LogP contribution in [0.4, 0.5) is 5.69 Å². The SMILES string of the molecule is COC(=O)C1CCc2cc(OC)ccc2N1C. The molecule has 0 N–H and O–H groups in total. The summed E-state index contributed by atoms with van der Waals surface area (Å²) < 4.78 is 10.0. The summed E-state index contributed by atoms with van der Waals surface area (Å²) in [5.41, 5.74) is 2.29. The summed E-state index contributed by atoms with van der Waals surface area (Å²) in [6.07, 6.45) is 1.65. The third-order valence-electron chi connectivity index (χ3n) is 3.29. The molecule has 0 aliphatic carbocycles. The van der Waals surface area contributed by atoms with Gasteiger partial charge in [0.15, 0.2) is 0 Å². The fraction of sp³-hybridized carbons (Fsp3) is 0.462. The standard InChI is InChI=1S/C13H17NO3/c1-14-11-7-5-10(16-2)8-9(11)4-6-12(14)13(15)17-3/h5,7-8,12H,4,6H2,1-3H3. The third-order valence-corrected chi connectivity index (χ3v) is 3.29. The number of fused-ring (bicyclic) bond motifs is 1. The van der Waals surface area contributed by atoms with E-state index in [-0.39, 0.29) is 12.0 Å². The van der Waals surface area contributed by atoms with Gasteiger partial charge in [-0.15, -0.1) is 0 Å². The van der Waals surface area contributed by atoms with E-state index in [1.54, 1.807) is 7.11 Å². The highest BCUT2D eigenvalue weighted by Crippen LogP contribution is 2.32. The molecule has 1 aromatic carbocycles. The van der Waals surface area contributed by atoms with Gasteiger partial charge in [0, 0.05) is 12.7 Å². The van der Waals surface area contributed by atoms with Crippen LogP contribution < -0.4 is 9.64 Å². The molecule has 0 amide bonds. The average molecular weight is 235 g/mol. The first-order valence-electron chi connectivity index (χ1n) is 5.65. The van der Waals surface area contributed by atoms with Gasteiger partial charge >= 0.3 is 5.97 Å². The largest absolute Gasteiger partial charge is 0.497 e. The molecule has 0 fully saturated rings. The molecule has 1 aromatic rings. The Morgan fingerprint density at radius 1 is 1.41 bits per heavy atom. The zero-order chi connectivity index (χ0) is 12.4. The number of likely N-dealkylation sites (N-methyl/N-ethyl adjacent to an activating group) is 1. The van der Waals surface area contributed by atoms with Crippen molar-refractivity contribution >= 4 is 11.7 Å². The fourth-order valence-corrected chi connectivity index (χ4v) is 2.30. The summed E-state index contributed by atoms with van der Waals surface area (Å²) in [5.74, 6) is 0.683. The second-order valence-corrected chi connectivity index (χ2v) is 4.18. The van der Waals surface area contributed by atoms with Crippen LogP contribution in [0.5, 0.6) is 5.75 Å². The van der Waals surface area contributed by atoms with Crippen molar-refractivity contribution in [3.63, 3.8) is 0 Å². The minimum atomic E-state index is -0.180. The Kier molecular flexibility index (Phi) is 3.22. The molecule has 0 bridgehead atoms. The van der Waals surface area contributed by atoms with Gasteiger partial charge in [0.05, 0.1) is 14.2 Å². The number of carbonyl (C=O) groups is 1. The van der Waals surface area contributed by atoms with Crippen molar-refractivity contribution in [2.45, 2.75) is 18.9 Å². The Hall–Kier alpha value is -1.71. The Morgan fingerprint density at radius 2 is 2.18 bits per heavy atom. The Labute approximate surface area is 101 Å². The molecule has 92 valence electrons. The zero-order valence-electron chi connectivity index (χ0n) is 10.4. The Bertz CT molecular complexity index is 431. The van der Waals surface area contributed by atoms with Gasteiger partial charge in [-0.3, -0.25) is 0 Å². The topological polar surface area (TPSA) is 38.8 Å². The number of rotatable bonds is 2. The molecular formula is C13H17NO3. The van der Waals surface area contributed by atoms with E-state index < -0.39 is 0 Å². The van der Waals surface area contributed by atoms with Gasteiger partial charge in [-0.05, 0) is 36.6 Å². The van der Waals surface area contributed by atoms with E-state index in [0.717, 1.165) is 24.3 Å². The minimum Gasteiger partial charge on any atom is -0.497 e. The molecular weight excluding hydrogens is 218 g/mol. The van der Waals surface area contributed by atoms with Crippen molar-refractivity contribution in [2.75, 3.05) is 26.2 Å². The number of esters is 1. The number of aryl methyl sites for hydroxylation is 1. The summed E-state index contributed by atoms with van der Waals surface area (Å²) in [6, 6.07) is 5.75. The predicted molar refractivity (Wildman–Crippen MR) is 65.5 cm³/mol. The van der Waals surface area contributed by atoms with E-state index in [0.29, 0.717) is 0 Å². The molecule has 0 radical (unpaired) electrons. The molecule has 0 spiro atoms. The summed E-state index contributed by atoms with van der Waals surface area (Å²) in [4.78, 5) is 13.6.